The second-order valence-electron chi connectivity index (χ2n) is 8.29. The second-order valence-corrected chi connectivity index (χ2v) is 8.29. The summed E-state index contributed by atoms with van der Waals surface area (Å²) in [5, 5.41) is 2.99. The number of nitrogens with one attached hydrogen (secondary N) is 1. The normalized spacial score (nSPS) is 22.8. The first-order chi connectivity index (χ1) is 12.3. The van der Waals surface area contributed by atoms with Crippen molar-refractivity contribution < 1.29 is 13.6 Å². The second kappa shape index (κ2) is 5.90. The topological polar surface area (TPSA) is 29.1 Å². The maximum absolute atomic E-state index is 14.4. The van der Waals surface area contributed by atoms with E-state index in [4.69, 9.17) is 0 Å². The molecule has 0 spiro atoms. The van der Waals surface area contributed by atoms with Crippen molar-refractivity contribution in [2.24, 2.45) is 5.41 Å². The predicted molar refractivity (Wildman–Crippen MR) is 97.2 cm³/mol. The SMILES string of the molecule is CC1(C)CC1(CNC(=O)c1ccc2c(c1)CCC2)c1ccc(F)cc1F. The van der Waals surface area contributed by atoms with Crippen molar-refractivity contribution in [3.05, 3.63) is 70.3 Å². The van der Waals surface area contributed by atoms with Crippen LogP contribution in [0.25, 0.3) is 0 Å². The summed E-state index contributed by atoms with van der Waals surface area (Å²) < 4.78 is 27.7. The van der Waals surface area contributed by atoms with Crippen LogP contribution < -0.4 is 5.32 Å². The summed E-state index contributed by atoms with van der Waals surface area (Å²) in [6, 6.07) is 9.60. The largest absolute Gasteiger partial charge is 0.351 e. The molecule has 0 heterocycles. The molecule has 0 saturated heterocycles. The molecule has 1 saturated carbocycles. The maximum atomic E-state index is 14.4. The lowest BCUT2D eigenvalue weighted by atomic mass is 9.87. The Hall–Kier alpha value is -2.23. The molecule has 2 aliphatic rings. The van der Waals surface area contributed by atoms with Gasteiger partial charge in [0, 0.05) is 23.6 Å². The monoisotopic (exact) mass is 355 g/mol. The third kappa shape index (κ3) is 2.72. The standard InChI is InChI=1S/C22H23F2NO/c1-21(2)12-22(21,18-9-8-17(23)11-19(18)24)13-25-20(26)16-7-6-14-4-3-5-15(14)10-16/h6-11H,3-5,12-13H2,1-2H3,(H,25,26). The molecule has 136 valence electrons. The van der Waals surface area contributed by atoms with Crippen LogP contribution in [0.3, 0.4) is 0 Å². The average Bonchev–Trinajstić information content (AvgIpc) is 2.94. The van der Waals surface area contributed by atoms with Gasteiger partial charge in [-0.1, -0.05) is 26.0 Å². The van der Waals surface area contributed by atoms with Crippen molar-refractivity contribution in [1.82, 2.24) is 5.32 Å². The summed E-state index contributed by atoms with van der Waals surface area (Å²) >= 11 is 0. The van der Waals surface area contributed by atoms with Crippen LogP contribution in [-0.2, 0) is 18.3 Å². The Bertz CT molecular complexity index is 890. The van der Waals surface area contributed by atoms with Gasteiger partial charge in [0.1, 0.15) is 11.6 Å². The van der Waals surface area contributed by atoms with E-state index in [2.05, 4.69) is 19.2 Å². The molecule has 26 heavy (non-hydrogen) atoms. The Kier molecular flexibility index (Phi) is 3.90. The first kappa shape index (κ1) is 17.2. The summed E-state index contributed by atoms with van der Waals surface area (Å²) in [4.78, 5) is 12.6. The smallest absolute Gasteiger partial charge is 0.251 e. The van der Waals surface area contributed by atoms with Gasteiger partial charge in [0.25, 0.3) is 5.91 Å². The van der Waals surface area contributed by atoms with Crippen molar-refractivity contribution in [3.63, 3.8) is 0 Å². The first-order valence-electron chi connectivity index (χ1n) is 9.18. The number of hydrogen-bond acceptors (Lipinski definition) is 1. The van der Waals surface area contributed by atoms with Crippen LogP contribution in [0.1, 0.15) is 53.7 Å². The third-order valence-corrected chi connectivity index (χ3v) is 6.27. The van der Waals surface area contributed by atoms with Gasteiger partial charge < -0.3 is 5.32 Å². The maximum Gasteiger partial charge on any atom is 0.251 e. The van der Waals surface area contributed by atoms with Gasteiger partial charge in [-0.2, -0.15) is 0 Å². The van der Waals surface area contributed by atoms with E-state index in [1.807, 2.05) is 18.2 Å². The van der Waals surface area contributed by atoms with Crippen LogP contribution in [-0.4, -0.2) is 12.5 Å². The summed E-state index contributed by atoms with van der Waals surface area (Å²) in [5.74, 6) is -1.26. The minimum atomic E-state index is -0.581. The fraction of sp³-hybridized carbons (Fsp3) is 0.409. The molecular formula is C22H23F2NO. The van der Waals surface area contributed by atoms with Crippen LogP contribution in [0.4, 0.5) is 8.78 Å². The molecule has 0 aliphatic heterocycles. The molecule has 4 heteroatoms. The number of hydrogen-bond donors (Lipinski definition) is 1. The highest BCUT2D eigenvalue weighted by molar-refractivity contribution is 5.94. The fourth-order valence-corrected chi connectivity index (χ4v) is 4.49. The van der Waals surface area contributed by atoms with Gasteiger partial charge in [0.15, 0.2) is 0 Å². The lowest BCUT2D eigenvalue weighted by molar-refractivity contribution is 0.0947. The van der Waals surface area contributed by atoms with Crippen LogP contribution in [0.15, 0.2) is 36.4 Å². The molecule has 2 aromatic carbocycles. The highest BCUT2D eigenvalue weighted by Crippen LogP contribution is 2.64. The van der Waals surface area contributed by atoms with E-state index in [9.17, 15) is 13.6 Å². The van der Waals surface area contributed by atoms with Crippen molar-refractivity contribution >= 4 is 5.91 Å². The quantitative estimate of drug-likeness (QED) is 0.856. The van der Waals surface area contributed by atoms with E-state index in [1.54, 1.807) is 0 Å². The van der Waals surface area contributed by atoms with Crippen molar-refractivity contribution in [3.8, 4) is 0 Å². The Morgan fingerprint density at radius 1 is 1.08 bits per heavy atom. The molecule has 1 unspecified atom stereocenters. The molecule has 2 aliphatic carbocycles. The molecule has 1 fully saturated rings. The fourth-order valence-electron chi connectivity index (χ4n) is 4.49. The van der Waals surface area contributed by atoms with E-state index in [0.717, 1.165) is 31.7 Å². The lowest BCUT2D eigenvalue weighted by Gasteiger charge is -2.22. The predicted octanol–water partition coefficient (Wildman–Crippen LogP) is 4.55. The third-order valence-electron chi connectivity index (χ3n) is 6.27. The summed E-state index contributed by atoms with van der Waals surface area (Å²) in [7, 11) is 0. The molecule has 0 aromatic heterocycles. The van der Waals surface area contributed by atoms with Crippen LogP contribution in [0, 0.1) is 17.0 Å². The van der Waals surface area contributed by atoms with Gasteiger partial charge in [0.05, 0.1) is 0 Å². The van der Waals surface area contributed by atoms with E-state index in [-0.39, 0.29) is 11.3 Å². The Balaban J connectivity index is 1.54. The van der Waals surface area contributed by atoms with Crippen LogP contribution >= 0.6 is 0 Å². The molecule has 1 N–H and O–H groups in total. The van der Waals surface area contributed by atoms with Gasteiger partial charge in [0.2, 0.25) is 0 Å². The number of carbonyl (C=O) groups excluding carboxylic acids is 1. The molecule has 4 rings (SSSR count). The molecule has 0 bridgehead atoms. The summed E-state index contributed by atoms with van der Waals surface area (Å²) in [6.07, 6.45) is 4.00. The van der Waals surface area contributed by atoms with Gasteiger partial charge in [-0.05, 0) is 66.0 Å². The van der Waals surface area contributed by atoms with Crippen molar-refractivity contribution in [1.29, 1.82) is 0 Å². The number of halogens is 2. The molecule has 0 radical (unpaired) electrons. The van der Waals surface area contributed by atoms with E-state index < -0.39 is 17.0 Å². The van der Waals surface area contributed by atoms with Gasteiger partial charge in [-0.3, -0.25) is 4.79 Å². The zero-order valence-corrected chi connectivity index (χ0v) is 15.2. The lowest BCUT2D eigenvalue weighted by Crippen LogP contribution is -2.35. The minimum absolute atomic E-state index is 0.135. The van der Waals surface area contributed by atoms with Crippen LogP contribution in [0.2, 0.25) is 0 Å². The van der Waals surface area contributed by atoms with Crippen molar-refractivity contribution in [2.75, 3.05) is 6.54 Å². The molecule has 1 amide bonds. The number of benzene rings is 2. The number of rotatable bonds is 4. The number of fused-ring (bicyclic) bond motifs is 1. The van der Waals surface area contributed by atoms with E-state index >= 15 is 0 Å². The summed E-state index contributed by atoms with van der Waals surface area (Å²) in [6.45, 7) is 4.45. The minimum Gasteiger partial charge on any atom is -0.351 e. The van der Waals surface area contributed by atoms with Crippen molar-refractivity contribution in [2.45, 2.75) is 44.9 Å². The zero-order valence-electron chi connectivity index (χ0n) is 15.2. The van der Waals surface area contributed by atoms with Gasteiger partial charge in [-0.25, -0.2) is 8.78 Å². The van der Waals surface area contributed by atoms with E-state index in [0.29, 0.717) is 17.7 Å². The molecular weight excluding hydrogens is 332 g/mol. The first-order valence-corrected chi connectivity index (χ1v) is 9.18. The highest BCUT2D eigenvalue weighted by atomic mass is 19.1. The molecule has 2 nitrogen and oxygen atoms in total. The van der Waals surface area contributed by atoms with E-state index in [1.165, 1.54) is 23.3 Å². The number of carbonyl (C=O) groups is 1. The Morgan fingerprint density at radius 3 is 2.50 bits per heavy atom. The Labute approximate surface area is 152 Å². The number of amides is 1. The van der Waals surface area contributed by atoms with Gasteiger partial charge >= 0.3 is 0 Å². The number of aryl methyl sites for hydroxylation is 2. The Morgan fingerprint density at radius 2 is 1.81 bits per heavy atom. The zero-order chi connectivity index (χ0) is 18.5. The van der Waals surface area contributed by atoms with Crippen LogP contribution in [0.5, 0.6) is 0 Å². The highest BCUT2D eigenvalue weighted by Gasteiger charge is 2.62. The summed E-state index contributed by atoms with van der Waals surface area (Å²) in [5.41, 5.74) is 3.09. The average molecular weight is 355 g/mol. The molecule has 2 aromatic rings. The molecule has 1 atom stereocenters. The van der Waals surface area contributed by atoms with Gasteiger partial charge in [-0.15, -0.1) is 0 Å².